The van der Waals surface area contributed by atoms with E-state index in [9.17, 15) is 0 Å². The quantitative estimate of drug-likeness (QED) is 0.718. The summed E-state index contributed by atoms with van der Waals surface area (Å²) >= 11 is 0. The monoisotopic (exact) mass is 244 g/mol. The van der Waals surface area contributed by atoms with Gasteiger partial charge >= 0.3 is 0 Å². The smallest absolute Gasteiger partial charge is 0.0829 e. The molecule has 0 aliphatic carbocycles. The first-order chi connectivity index (χ1) is 8.17. The Hall–Kier alpha value is -0.160. The van der Waals surface area contributed by atoms with E-state index >= 15 is 0 Å². The maximum atomic E-state index is 8.92. The lowest BCUT2D eigenvalue weighted by Crippen LogP contribution is -2.49. The molecular weight excluding hydrogens is 216 g/mol. The lowest BCUT2D eigenvalue weighted by atomic mass is 10.2. The highest BCUT2D eigenvalue weighted by Gasteiger charge is 2.22. The third-order valence-corrected chi connectivity index (χ3v) is 3.44. The van der Waals surface area contributed by atoms with Crippen LogP contribution in [-0.2, 0) is 4.74 Å². The van der Waals surface area contributed by atoms with E-state index in [-0.39, 0.29) is 6.61 Å². The van der Waals surface area contributed by atoms with E-state index < -0.39 is 0 Å². The van der Waals surface area contributed by atoms with Crippen molar-refractivity contribution in [2.75, 3.05) is 45.9 Å². The zero-order chi connectivity index (χ0) is 12.7. The van der Waals surface area contributed by atoms with E-state index in [0.29, 0.717) is 12.1 Å². The molecule has 1 atom stereocenters. The maximum Gasteiger partial charge on any atom is 0.0829 e. The summed E-state index contributed by atoms with van der Waals surface area (Å²) in [5.41, 5.74) is 0. The Morgan fingerprint density at radius 2 is 2.24 bits per heavy atom. The predicted octanol–water partition coefficient (Wildman–Crippen LogP) is 0.800. The second-order valence-corrected chi connectivity index (χ2v) is 5.05. The van der Waals surface area contributed by atoms with Crippen molar-refractivity contribution < 1.29 is 9.84 Å². The van der Waals surface area contributed by atoms with Gasteiger partial charge in [0.25, 0.3) is 0 Å². The van der Waals surface area contributed by atoms with Crippen molar-refractivity contribution in [3.8, 4) is 0 Å². The molecular formula is C13H28N2O2. The van der Waals surface area contributed by atoms with Gasteiger partial charge in [-0.15, -0.1) is 0 Å². The number of morpholine rings is 1. The Kier molecular flexibility index (Phi) is 7.04. The zero-order valence-electron chi connectivity index (χ0n) is 11.6. The third-order valence-electron chi connectivity index (χ3n) is 3.44. The van der Waals surface area contributed by atoms with Crippen molar-refractivity contribution in [3.05, 3.63) is 0 Å². The molecule has 4 nitrogen and oxygen atoms in total. The first kappa shape index (κ1) is 14.9. The summed E-state index contributed by atoms with van der Waals surface area (Å²) in [6.07, 6.45) is 1.17. The molecule has 1 aliphatic rings. The minimum absolute atomic E-state index is 0.274. The Labute approximate surface area is 106 Å². The van der Waals surface area contributed by atoms with Gasteiger partial charge in [-0.25, -0.2) is 0 Å². The van der Waals surface area contributed by atoms with Crippen molar-refractivity contribution in [2.45, 2.75) is 39.3 Å². The van der Waals surface area contributed by atoms with E-state index in [0.717, 1.165) is 45.8 Å². The topological polar surface area (TPSA) is 35.9 Å². The van der Waals surface area contributed by atoms with Gasteiger partial charge in [0, 0.05) is 38.8 Å². The zero-order valence-corrected chi connectivity index (χ0v) is 11.6. The van der Waals surface area contributed by atoms with Crippen LogP contribution in [-0.4, -0.2) is 73.0 Å². The summed E-state index contributed by atoms with van der Waals surface area (Å²) in [6.45, 7) is 12.9. The van der Waals surface area contributed by atoms with Gasteiger partial charge in [-0.1, -0.05) is 6.92 Å². The van der Waals surface area contributed by atoms with Gasteiger partial charge in [-0.05, 0) is 26.8 Å². The number of rotatable bonds is 7. The average molecular weight is 244 g/mol. The normalized spacial score (nSPS) is 22.6. The third kappa shape index (κ3) is 5.34. The van der Waals surface area contributed by atoms with Crippen molar-refractivity contribution in [1.29, 1.82) is 0 Å². The number of hydrogen-bond acceptors (Lipinski definition) is 4. The molecule has 102 valence electrons. The second kappa shape index (κ2) is 8.03. The minimum atomic E-state index is 0.274. The lowest BCUT2D eigenvalue weighted by molar-refractivity contribution is -0.0460. The molecule has 0 spiro atoms. The molecule has 17 heavy (non-hydrogen) atoms. The fraction of sp³-hybridized carbons (Fsp3) is 1.00. The van der Waals surface area contributed by atoms with Crippen LogP contribution in [0.2, 0.25) is 0 Å². The molecule has 0 bridgehead atoms. The minimum Gasteiger partial charge on any atom is -0.396 e. The highest BCUT2D eigenvalue weighted by molar-refractivity contribution is 4.76. The highest BCUT2D eigenvalue weighted by Crippen LogP contribution is 2.09. The van der Waals surface area contributed by atoms with E-state index in [1.165, 1.54) is 0 Å². The van der Waals surface area contributed by atoms with Crippen LogP contribution in [0.3, 0.4) is 0 Å². The SMILES string of the molecule is CCN1CCOC(CN(CCCO)C(C)C)C1. The molecule has 0 aromatic carbocycles. The Morgan fingerprint density at radius 3 is 2.82 bits per heavy atom. The van der Waals surface area contributed by atoms with Crippen LogP contribution in [0.1, 0.15) is 27.2 Å². The lowest BCUT2D eigenvalue weighted by Gasteiger charge is -2.36. The van der Waals surface area contributed by atoms with Gasteiger partial charge < -0.3 is 9.84 Å². The molecule has 1 rings (SSSR count). The summed E-state index contributed by atoms with van der Waals surface area (Å²) < 4.78 is 5.82. The number of hydrogen-bond donors (Lipinski definition) is 1. The molecule has 1 unspecified atom stereocenters. The van der Waals surface area contributed by atoms with E-state index in [1.54, 1.807) is 0 Å². The Morgan fingerprint density at radius 1 is 1.47 bits per heavy atom. The van der Waals surface area contributed by atoms with Crippen molar-refractivity contribution in [2.24, 2.45) is 0 Å². The summed E-state index contributed by atoms with van der Waals surface area (Å²) in [7, 11) is 0. The first-order valence-electron chi connectivity index (χ1n) is 6.86. The summed E-state index contributed by atoms with van der Waals surface area (Å²) in [4.78, 5) is 4.85. The number of likely N-dealkylation sites (N-methyl/N-ethyl adjacent to an activating group) is 1. The molecule has 1 fully saturated rings. The van der Waals surface area contributed by atoms with Crippen LogP contribution in [0.5, 0.6) is 0 Å². The largest absolute Gasteiger partial charge is 0.396 e. The van der Waals surface area contributed by atoms with E-state index in [2.05, 4.69) is 30.6 Å². The molecule has 1 aliphatic heterocycles. The molecule has 0 saturated carbocycles. The first-order valence-corrected chi connectivity index (χ1v) is 6.86. The standard InChI is InChI=1S/C13H28N2O2/c1-4-14-7-9-17-13(10-14)11-15(12(2)3)6-5-8-16/h12-13,16H,4-11H2,1-3H3. The van der Waals surface area contributed by atoms with E-state index in [4.69, 9.17) is 9.84 Å². The van der Waals surface area contributed by atoms with Gasteiger partial charge in [0.2, 0.25) is 0 Å². The fourth-order valence-electron chi connectivity index (χ4n) is 2.27. The molecule has 4 heteroatoms. The van der Waals surface area contributed by atoms with Crippen LogP contribution in [0.15, 0.2) is 0 Å². The number of ether oxygens (including phenoxy) is 1. The highest BCUT2D eigenvalue weighted by atomic mass is 16.5. The fourth-order valence-corrected chi connectivity index (χ4v) is 2.27. The predicted molar refractivity (Wildman–Crippen MR) is 70.3 cm³/mol. The summed E-state index contributed by atoms with van der Waals surface area (Å²) in [6, 6.07) is 0.516. The van der Waals surface area contributed by atoms with Gasteiger partial charge in [-0.3, -0.25) is 9.80 Å². The summed E-state index contributed by atoms with van der Waals surface area (Å²) in [5, 5.41) is 8.92. The molecule has 0 amide bonds. The van der Waals surface area contributed by atoms with Crippen molar-refractivity contribution >= 4 is 0 Å². The summed E-state index contributed by atoms with van der Waals surface area (Å²) in [5.74, 6) is 0. The van der Waals surface area contributed by atoms with Gasteiger partial charge in [0.15, 0.2) is 0 Å². The molecule has 0 radical (unpaired) electrons. The second-order valence-electron chi connectivity index (χ2n) is 5.05. The number of nitrogens with zero attached hydrogens (tertiary/aromatic N) is 2. The van der Waals surface area contributed by atoms with Gasteiger partial charge in [0.1, 0.15) is 0 Å². The van der Waals surface area contributed by atoms with Crippen LogP contribution < -0.4 is 0 Å². The number of aliphatic hydroxyl groups excluding tert-OH is 1. The van der Waals surface area contributed by atoms with Crippen LogP contribution in [0.4, 0.5) is 0 Å². The van der Waals surface area contributed by atoms with Gasteiger partial charge in [0.05, 0.1) is 12.7 Å². The van der Waals surface area contributed by atoms with Crippen molar-refractivity contribution in [3.63, 3.8) is 0 Å². The van der Waals surface area contributed by atoms with Crippen LogP contribution >= 0.6 is 0 Å². The molecule has 1 N–H and O–H groups in total. The Balaban J connectivity index is 2.37. The molecule has 1 heterocycles. The van der Waals surface area contributed by atoms with Crippen molar-refractivity contribution in [1.82, 2.24) is 9.80 Å². The number of aliphatic hydroxyl groups is 1. The van der Waals surface area contributed by atoms with Crippen LogP contribution in [0.25, 0.3) is 0 Å². The maximum absolute atomic E-state index is 8.92. The molecule has 1 saturated heterocycles. The average Bonchev–Trinajstić information content (AvgIpc) is 2.34. The molecule has 0 aromatic rings. The van der Waals surface area contributed by atoms with Gasteiger partial charge in [-0.2, -0.15) is 0 Å². The Bertz CT molecular complexity index is 200. The molecule has 0 aromatic heterocycles. The van der Waals surface area contributed by atoms with E-state index in [1.807, 2.05) is 0 Å². The van der Waals surface area contributed by atoms with Crippen LogP contribution in [0, 0.1) is 0 Å².